The molecular formula is C13H8F2N4O. The summed E-state index contributed by atoms with van der Waals surface area (Å²) in [4.78, 5) is 6.95. The highest BCUT2D eigenvalue weighted by molar-refractivity contribution is 5.80. The molecule has 0 aliphatic carbocycles. The van der Waals surface area contributed by atoms with Gasteiger partial charge in [0.05, 0.1) is 12.4 Å². The van der Waals surface area contributed by atoms with Crippen LogP contribution in [0.15, 0.2) is 47.7 Å². The highest BCUT2D eigenvalue weighted by Crippen LogP contribution is 2.20. The number of nitrogens with zero attached hydrogens (tertiary/aromatic N) is 3. The Hall–Kier alpha value is -3.01. The molecule has 1 N–H and O–H groups in total. The van der Waals surface area contributed by atoms with Gasteiger partial charge in [-0.2, -0.15) is 10.3 Å². The summed E-state index contributed by atoms with van der Waals surface area (Å²) < 4.78 is 32.1. The van der Waals surface area contributed by atoms with Gasteiger partial charge in [-0.25, -0.2) is 14.1 Å². The summed E-state index contributed by atoms with van der Waals surface area (Å²) in [6.45, 7) is 0. The second-order valence-corrected chi connectivity index (χ2v) is 3.52. The van der Waals surface area contributed by atoms with Gasteiger partial charge in [0.1, 0.15) is 11.4 Å². The average Bonchev–Trinajstić information content (AvgIpc) is 2.44. The van der Waals surface area contributed by atoms with Gasteiger partial charge in [-0.1, -0.05) is 18.2 Å². The Bertz CT molecular complexity index is 648. The predicted molar refractivity (Wildman–Crippen MR) is 67.1 cm³/mol. The molecule has 0 atom stereocenters. The van der Waals surface area contributed by atoms with E-state index >= 15 is 0 Å². The van der Waals surface area contributed by atoms with Gasteiger partial charge in [-0.15, -0.1) is 0 Å². The lowest BCUT2D eigenvalue weighted by Crippen LogP contribution is -2.24. The van der Waals surface area contributed by atoms with E-state index in [2.05, 4.69) is 15.3 Å². The van der Waals surface area contributed by atoms with Crippen LogP contribution in [0.2, 0.25) is 0 Å². The van der Waals surface area contributed by atoms with Gasteiger partial charge < -0.3 is 4.74 Å². The van der Waals surface area contributed by atoms with Gasteiger partial charge in [-0.3, -0.25) is 4.98 Å². The molecule has 1 aromatic heterocycles. The predicted octanol–water partition coefficient (Wildman–Crippen LogP) is 2.50. The zero-order valence-electron chi connectivity index (χ0n) is 10.0. The fourth-order valence-corrected chi connectivity index (χ4v) is 1.34. The van der Waals surface area contributed by atoms with E-state index in [1.54, 1.807) is 36.5 Å². The fraction of sp³-hybridized carbons (Fsp3) is 0. The normalized spacial score (nSPS) is 10.8. The molecule has 5 nitrogen and oxygen atoms in total. The molecule has 0 unspecified atom stereocenters. The van der Waals surface area contributed by atoms with E-state index in [1.807, 2.05) is 0 Å². The van der Waals surface area contributed by atoms with Gasteiger partial charge in [0.15, 0.2) is 17.8 Å². The number of aliphatic imine (C=N–C) groups is 1. The third kappa shape index (κ3) is 3.26. The first-order chi connectivity index (χ1) is 9.70. The van der Waals surface area contributed by atoms with Crippen molar-refractivity contribution >= 4 is 11.7 Å². The Labute approximate surface area is 113 Å². The standard InChI is InChI=1S/C13H8F2N4O/c14-10-6-17-7-11(15)12(10)19-13(18-8-16)20-9-4-2-1-3-5-9/h1-7H,(H,17,18,19). The van der Waals surface area contributed by atoms with Gasteiger partial charge >= 0.3 is 6.02 Å². The van der Waals surface area contributed by atoms with Crippen LogP contribution in [0.3, 0.4) is 0 Å². The molecule has 0 bridgehead atoms. The van der Waals surface area contributed by atoms with Gasteiger partial charge in [0.2, 0.25) is 0 Å². The van der Waals surface area contributed by atoms with Crippen LogP contribution in [0.1, 0.15) is 0 Å². The molecule has 7 heteroatoms. The number of hydrogen-bond acceptors (Lipinski definition) is 4. The van der Waals surface area contributed by atoms with Crippen LogP contribution in [-0.2, 0) is 0 Å². The van der Waals surface area contributed by atoms with Crippen molar-refractivity contribution in [3.8, 4) is 11.9 Å². The number of rotatable bonds is 2. The average molecular weight is 274 g/mol. The number of pyridine rings is 1. The van der Waals surface area contributed by atoms with Gasteiger partial charge in [-0.05, 0) is 12.1 Å². The molecule has 1 heterocycles. The Morgan fingerprint density at radius 3 is 2.45 bits per heavy atom. The van der Waals surface area contributed by atoms with Gasteiger partial charge in [0, 0.05) is 0 Å². The van der Waals surface area contributed by atoms with Crippen LogP contribution in [-0.4, -0.2) is 11.0 Å². The monoisotopic (exact) mass is 274 g/mol. The minimum absolute atomic E-state index is 0.345. The van der Waals surface area contributed by atoms with E-state index < -0.39 is 17.3 Å². The molecule has 0 aliphatic heterocycles. The number of hydrogen-bond donors (Lipinski definition) is 1. The lowest BCUT2D eigenvalue weighted by molar-refractivity contribution is 0.526. The Morgan fingerprint density at radius 2 is 1.85 bits per heavy atom. The molecule has 2 aromatic rings. The molecule has 2 rings (SSSR count). The van der Waals surface area contributed by atoms with Crippen LogP contribution in [0.4, 0.5) is 14.5 Å². The third-order valence-electron chi connectivity index (χ3n) is 2.16. The lowest BCUT2D eigenvalue weighted by Gasteiger charge is -2.07. The molecule has 0 saturated heterocycles. The second kappa shape index (κ2) is 6.24. The van der Waals surface area contributed by atoms with E-state index in [0.717, 1.165) is 12.4 Å². The highest BCUT2D eigenvalue weighted by Gasteiger charge is 2.11. The maximum atomic E-state index is 13.4. The summed E-state index contributed by atoms with van der Waals surface area (Å²) in [5.74, 6) is -1.55. The molecule has 0 aliphatic rings. The molecule has 100 valence electrons. The summed E-state index contributed by atoms with van der Waals surface area (Å²) >= 11 is 0. The maximum Gasteiger partial charge on any atom is 0.309 e. The maximum absolute atomic E-state index is 13.4. The number of ether oxygens (including phenoxy) is 1. The molecule has 0 radical (unpaired) electrons. The second-order valence-electron chi connectivity index (χ2n) is 3.52. The molecule has 20 heavy (non-hydrogen) atoms. The van der Waals surface area contributed by atoms with Crippen molar-refractivity contribution in [2.75, 3.05) is 0 Å². The van der Waals surface area contributed by atoms with Crippen molar-refractivity contribution in [3.05, 3.63) is 54.4 Å². The number of amidine groups is 1. The Kier molecular flexibility index (Phi) is 4.19. The number of halogens is 2. The van der Waals surface area contributed by atoms with E-state index in [-0.39, 0.29) is 6.02 Å². The van der Waals surface area contributed by atoms with Crippen LogP contribution < -0.4 is 10.1 Å². The van der Waals surface area contributed by atoms with Crippen molar-refractivity contribution in [1.29, 1.82) is 5.26 Å². The van der Waals surface area contributed by atoms with Crippen LogP contribution in [0, 0.1) is 23.1 Å². The first-order valence-electron chi connectivity index (χ1n) is 5.46. The van der Waals surface area contributed by atoms with Crippen molar-refractivity contribution in [3.63, 3.8) is 0 Å². The van der Waals surface area contributed by atoms with Crippen molar-refractivity contribution < 1.29 is 13.5 Å². The van der Waals surface area contributed by atoms with E-state index in [0.29, 0.717) is 5.75 Å². The Balaban J connectivity index is 2.33. The van der Waals surface area contributed by atoms with E-state index in [4.69, 9.17) is 10.00 Å². The summed E-state index contributed by atoms with van der Waals surface area (Å²) in [7, 11) is 0. The van der Waals surface area contributed by atoms with Crippen molar-refractivity contribution in [2.24, 2.45) is 4.99 Å². The Morgan fingerprint density at radius 1 is 1.20 bits per heavy atom. The number of para-hydroxylation sites is 1. The summed E-state index contributed by atoms with van der Waals surface area (Å²) in [6, 6.07) is 8.04. The summed E-state index contributed by atoms with van der Waals surface area (Å²) in [5, 5.41) is 10.7. The smallest absolute Gasteiger partial charge is 0.309 e. The fourth-order valence-electron chi connectivity index (χ4n) is 1.34. The minimum atomic E-state index is -0.959. The molecule has 0 amide bonds. The van der Waals surface area contributed by atoms with Gasteiger partial charge in [0.25, 0.3) is 0 Å². The van der Waals surface area contributed by atoms with Crippen LogP contribution in [0.25, 0.3) is 0 Å². The summed E-state index contributed by atoms with van der Waals surface area (Å²) in [5.41, 5.74) is -0.589. The first kappa shape index (κ1) is 13.4. The molecule has 1 aromatic carbocycles. The largest absolute Gasteiger partial charge is 0.425 e. The van der Waals surface area contributed by atoms with Crippen molar-refractivity contribution in [2.45, 2.75) is 0 Å². The van der Waals surface area contributed by atoms with Crippen LogP contribution >= 0.6 is 0 Å². The number of nitriles is 1. The molecular weight excluding hydrogens is 266 g/mol. The van der Waals surface area contributed by atoms with Crippen LogP contribution in [0.5, 0.6) is 5.75 Å². The third-order valence-corrected chi connectivity index (χ3v) is 2.16. The minimum Gasteiger partial charge on any atom is -0.425 e. The molecule has 0 saturated carbocycles. The quantitative estimate of drug-likeness (QED) is 0.395. The molecule has 0 fully saturated rings. The van der Waals surface area contributed by atoms with Crippen molar-refractivity contribution in [1.82, 2.24) is 10.3 Å². The topological polar surface area (TPSA) is 70.3 Å². The summed E-state index contributed by atoms with van der Waals surface area (Å²) in [6.07, 6.45) is 3.21. The lowest BCUT2D eigenvalue weighted by atomic mass is 10.3. The number of aromatic nitrogens is 1. The van der Waals surface area contributed by atoms with E-state index in [9.17, 15) is 8.78 Å². The highest BCUT2D eigenvalue weighted by atomic mass is 19.1. The SMILES string of the molecule is N#CNC(=Nc1c(F)cncc1F)Oc1ccccc1. The first-order valence-corrected chi connectivity index (χ1v) is 5.46. The number of benzene rings is 1. The van der Waals surface area contributed by atoms with E-state index in [1.165, 1.54) is 0 Å². The molecule has 0 spiro atoms. The zero-order chi connectivity index (χ0) is 14.4. The number of nitrogens with one attached hydrogen (secondary N) is 1. The zero-order valence-corrected chi connectivity index (χ0v) is 10.0.